The van der Waals surface area contributed by atoms with Crippen LogP contribution in [0.15, 0.2) is 73.1 Å². The standard InChI is InChI=1S/C20H17F3N2O/c1-24(14-16-7-2-3-10-18(16)20(21,22)23)19(26)15-8-6-9-17(13-15)25-11-4-5-12-25/h2-13H,14H2,1H3. The second kappa shape index (κ2) is 7.07. The van der Waals surface area contributed by atoms with E-state index in [-0.39, 0.29) is 18.0 Å². The molecule has 1 aromatic heterocycles. The minimum Gasteiger partial charge on any atom is -0.337 e. The van der Waals surface area contributed by atoms with Gasteiger partial charge in [-0.1, -0.05) is 24.3 Å². The van der Waals surface area contributed by atoms with E-state index in [0.29, 0.717) is 5.56 Å². The molecule has 0 atom stereocenters. The summed E-state index contributed by atoms with van der Waals surface area (Å²) in [5.41, 5.74) is 0.575. The summed E-state index contributed by atoms with van der Waals surface area (Å²) in [4.78, 5) is 14.0. The van der Waals surface area contributed by atoms with E-state index in [2.05, 4.69) is 0 Å². The monoisotopic (exact) mass is 358 g/mol. The first-order chi connectivity index (χ1) is 12.4. The second-order valence-electron chi connectivity index (χ2n) is 5.96. The molecule has 6 heteroatoms. The van der Waals surface area contributed by atoms with Gasteiger partial charge < -0.3 is 9.47 Å². The molecule has 0 radical (unpaired) electrons. The molecule has 2 aromatic carbocycles. The minimum atomic E-state index is -4.45. The van der Waals surface area contributed by atoms with Gasteiger partial charge in [0.2, 0.25) is 0 Å². The number of benzene rings is 2. The predicted octanol–water partition coefficient (Wildman–Crippen LogP) is 4.77. The van der Waals surface area contributed by atoms with Crippen molar-refractivity contribution < 1.29 is 18.0 Å². The lowest BCUT2D eigenvalue weighted by Gasteiger charge is -2.20. The maximum absolute atomic E-state index is 13.1. The van der Waals surface area contributed by atoms with Crippen molar-refractivity contribution in [2.24, 2.45) is 0 Å². The van der Waals surface area contributed by atoms with Crippen LogP contribution in [0.25, 0.3) is 5.69 Å². The van der Waals surface area contributed by atoms with Gasteiger partial charge in [0.25, 0.3) is 5.91 Å². The number of alkyl halides is 3. The number of carbonyl (C=O) groups excluding carboxylic acids is 1. The van der Waals surface area contributed by atoms with Gasteiger partial charge in [0, 0.05) is 37.2 Å². The zero-order valence-electron chi connectivity index (χ0n) is 14.1. The first-order valence-electron chi connectivity index (χ1n) is 8.00. The summed E-state index contributed by atoms with van der Waals surface area (Å²) in [7, 11) is 1.50. The molecule has 3 nitrogen and oxygen atoms in total. The van der Waals surface area contributed by atoms with Crippen molar-refractivity contribution in [2.45, 2.75) is 12.7 Å². The largest absolute Gasteiger partial charge is 0.416 e. The molecule has 26 heavy (non-hydrogen) atoms. The Hall–Kier alpha value is -3.02. The third-order valence-corrected chi connectivity index (χ3v) is 4.07. The van der Waals surface area contributed by atoms with Crippen molar-refractivity contribution in [3.63, 3.8) is 0 Å². The number of hydrogen-bond donors (Lipinski definition) is 0. The van der Waals surface area contributed by atoms with Crippen molar-refractivity contribution in [1.29, 1.82) is 0 Å². The van der Waals surface area contributed by atoms with Crippen LogP contribution in [-0.2, 0) is 12.7 Å². The number of halogens is 3. The lowest BCUT2D eigenvalue weighted by molar-refractivity contribution is -0.138. The Morgan fingerprint density at radius 3 is 2.38 bits per heavy atom. The molecular formula is C20H17F3N2O. The fraction of sp³-hybridized carbons (Fsp3) is 0.150. The highest BCUT2D eigenvalue weighted by atomic mass is 19.4. The number of amides is 1. The molecule has 0 N–H and O–H groups in total. The van der Waals surface area contributed by atoms with Crippen LogP contribution in [0.2, 0.25) is 0 Å². The molecule has 3 aromatic rings. The molecule has 0 unspecified atom stereocenters. The molecule has 3 rings (SSSR count). The SMILES string of the molecule is CN(Cc1ccccc1C(F)(F)F)C(=O)c1cccc(-n2cccc2)c1. The molecule has 1 amide bonds. The summed E-state index contributed by atoms with van der Waals surface area (Å²) in [6.07, 6.45) is -0.741. The van der Waals surface area contributed by atoms with E-state index < -0.39 is 11.7 Å². The maximum atomic E-state index is 13.1. The molecule has 0 aliphatic heterocycles. The third-order valence-electron chi connectivity index (χ3n) is 4.07. The highest BCUT2D eigenvalue weighted by molar-refractivity contribution is 5.94. The summed E-state index contributed by atoms with van der Waals surface area (Å²) >= 11 is 0. The van der Waals surface area contributed by atoms with Crippen molar-refractivity contribution in [2.75, 3.05) is 7.05 Å². The second-order valence-corrected chi connectivity index (χ2v) is 5.96. The third kappa shape index (κ3) is 3.79. The maximum Gasteiger partial charge on any atom is 0.416 e. The molecule has 0 bridgehead atoms. The van der Waals surface area contributed by atoms with Crippen LogP contribution in [0.1, 0.15) is 21.5 Å². The summed E-state index contributed by atoms with van der Waals surface area (Å²) in [5, 5.41) is 0. The molecule has 0 fully saturated rings. The quantitative estimate of drug-likeness (QED) is 0.660. The molecule has 0 saturated heterocycles. The van der Waals surface area contributed by atoms with Crippen LogP contribution in [0.3, 0.4) is 0 Å². The smallest absolute Gasteiger partial charge is 0.337 e. The van der Waals surface area contributed by atoms with E-state index in [0.717, 1.165) is 11.8 Å². The molecule has 1 heterocycles. The summed E-state index contributed by atoms with van der Waals surface area (Å²) in [5.74, 6) is -0.337. The van der Waals surface area contributed by atoms with Crippen molar-refractivity contribution >= 4 is 5.91 Å². The zero-order valence-corrected chi connectivity index (χ0v) is 14.1. The topological polar surface area (TPSA) is 25.2 Å². The number of carbonyl (C=O) groups is 1. The summed E-state index contributed by atoms with van der Waals surface area (Å²) in [6.45, 7) is -0.123. The fourth-order valence-corrected chi connectivity index (χ4v) is 2.79. The normalized spacial score (nSPS) is 11.4. The highest BCUT2D eigenvalue weighted by Gasteiger charge is 2.33. The van der Waals surface area contributed by atoms with E-state index in [1.54, 1.807) is 18.2 Å². The lowest BCUT2D eigenvalue weighted by atomic mass is 10.1. The van der Waals surface area contributed by atoms with Crippen LogP contribution in [0, 0.1) is 0 Å². The van der Waals surface area contributed by atoms with E-state index >= 15 is 0 Å². The first-order valence-corrected chi connectivity index (χ1v) is 8.00. The van der Waals surface area contributed by atoms with Crippen molar-refractivity contribution in [3.05, 3.63) is 89.7 Å². The zero-order chi connectivity index (χ0) is 18.7. The molecule has 0 aliphatic rings. The van der Waals surface area contributed by atoms with Crippen molar-refractivity contribution in [3.8, 4) is 5.69 Å². The van der Waals surface area contributed by atoms with Crippen LogP contribution >= 0.6 is 0 Å². The lowest BCUT2D eigenvalue weighted by Crippen LogP contribution is -2.27. The van der Waals surface area contributed by atoms with Crippen LogP contribution in [0.5, 0.6) is 0 Å². The Morgan fingerprint density at radius 1 is 1.00 bits per heavy atom. The molecule has 134 valence electrons. The number of aromatic nitrogens is 1. The number of nitrogens with zero attached hydrogens (tertiary/aromatic N) is 2. The van der Waals surface area contributed by atoms with Gasteiger partial charge in [0.15, 0.2) is 0 Å². The molecule has 0 spiro atoms. The Bertz CT molecular complexity index is 901. The Labute approximate surface area is 149 Å². The number of rotatable bonds is 4. The van der Waals surface area contributed by atoms with Gasteiger partial charge in [0.05, 0.1) is 5.56 Å². The molecular weight excluding hydrogens is 341 g/mol. The average molecular weight is 358 g/mol. The summed E-state index contributed by atoms with van der Waals surface area (Å²) in [6, 6.07) is 16.0. The van der Waals surface area contributed by atoms with Gasteiger partial charge in [-0.2, -0.15) is 13.2 Å². The van der Waals surface area contributed by atoms with E-state index in [4.69, 9.17) is 0 Å². The van der Waals surface area contributed by atoms with Crippen LogP contribution < -0.4 is 0 Å². The highest BCUT2D eigenvalue weighted by Crippen LogP contribution is 2.32. The number of hydrogen-bond acceptors (Lipinski definition) is 1. The van der Waals surface area contributed by atoms with Crippen LogP contribution in [0.4, 0.5) is 13.2 Å². The van der Waals surface area contributed by atoms with Gasteiger partial charge >= 0.3 is 6.18 Å². The van der Waals surface area contributed by atoms with E-state index in [1.807, 2.05) is 35.2 Å². The van der Waals surface area contributed by atoms with Crippen LogP contribution in [-0.4, -0.2) is 22.4 Å². The summed E-state index contributed by atoms with van der Waals surface area (Å²) < 4.78 is 41.2. The van der Waals surface area contributed by atoms with Gasteiger partial charge in [-0.25, -0.2) is 0 Å². The van der Waals surface area contributed by atoms with Gasteiger partial charge in [-0.3, -0.25) is 4.79 Å². The van der Waals surface area contributed by atoms with Gasteiger partial charge in [-0.15, -0.1) is 0 Å². The van der Waals surface area contributed by atoms with Crippen molar-refractivity contribution in [1.82, 2.24) is 9.47 Å². The van der Waals surface area contributed by atoms with E-state index in [1.165, 1.54) is 30.1 Å². The van der Waals surface area contributed by atoms with Gasteiger partial charge in [-0.05, 0) is 42.0 Å². The Balaban J connectivity index is 1.82. The molecule has 0 saturated carbocycles. The fourth-order valence-electron chi connectivity index (χ4n) is 2.79. The minimum absolute atomic E-state index is 0.0671. The predicted molar refractivity (Wildman–Crippen MR) is 93.0 cm³/mol. The average Bonchev–Trinajstić information content (AvgIpc) is 3.15. The Morgan fingerprint density at radius 2 is 1.69 bits per heavy atom. The van der Waals surface area contributed by atoms with Gasteiger partial charge in [0.1, 0.15) is 0 Å². The Kier molecular flexibility index (Phi) is 4.84. The first kappa shape index (κ1) is 17.8. The van der Waals surface area contributed by atoms with E-state index in [9.17, 15) is 18.0 Å². The molecule has 0 aliphatic carbocycles.